The third-order valence-corrected chi connectivity index (χ3v) is 3.61. The molecule has 1 aromatic heterocycles. The maximum Gasteiger partial charge on any atom is 0.231 e. The molecule has 0 aromatic carbocycles. The summed E-state index contributed by atoms with van der Waals surface area (Å²) in [6.07, 6.45) is -0.281. The normalized spacial score (nSPS) is 12.5. The van der Waals surface area contributed by atoms with Crippen molar-refractivity contribution in [3.63, 3.8) is 0 Å². The summed E-state index contributed by atoms with van der Waals surface area (Å²) >= 11 is 1.73. The summed E-state index contributed by atoms with van der Waals surface area (Å²) in [7, 11) is 3.59. The van der Waals surface area contributed by atoms with E-state index in [4.69, 9.17) is 4.42 Å². The molecular weight excluding hydrogens is 280 g/mol. The molecule has 1 rings (SSSR count). The Morgan fingerprint density at radius 2 is 2.15 bits per heavy atom. The van der Waals surface area contributed by atoms with Crippen LogP contribution in [-0.2, 0) is 12.3 Å². The van der Waals surface area contributed by atoms with Gasteiger partial charge < -0.3 is 9.73 Å². The Kier molecular flexibility index (Phi) is 8.28. The number of hydrogen-bond donors (Lipinski definition) is 3. The number of likely N-dealkylation sites (N-methyl/N-ethyl adjacent to an activating group) is 1. The summed E-state index contributed by atoms with van der Waals surface area (Å²) in [6.45, 7) is 1.33. The van der Waals surface area contributed by atoms with Gasteiger partial charge in [-0.05, 0) is 26.2 Å². The maximum atomic E-state index is 10.4. The van der Waals surface area contributed by atoms with Crippen molar-refractivity contribution in [3.8, 4) is 0 Å². The van der Waals surface area contributed by atoms with Crippen LogP contribution in [0.25, 0.3) is 0 Å². The second-order valence-electron chi connectivity index (χ2n) is 4.26. The Bertz CT molecular complexity index is 400. The lowest BCUT2D eigenvalue weighted by molar-refractivity contribution is -0.484. The molecule has 7 nitrogen and oxygen atoms in total. The fourth-order valence-corrected chi connectivity index (χ4v) is 2.42. The fourth-order valence-electron chi connectivity index (χ4n) is 1.65. The zero-order valence-electron chi connectivity index (χ0n) is 11.8. The molecule has 1 atom stereocenters. The number of nitrogens with one attached hydrogen (secondary N) is 3. The minimum absolute atomic E-state index is 0.118. The minimum Gasteiger partial charge on any atom is -0.464 e. The molecular formula is C12H22N4O3S. The smallest absolute Gasteiger partial charge is 0.231 e. The average Bonchev–Trinajstić information content (AvgIpc) is 2.84. The summed E-state index contributed by atoms with van der Waals surface area (Å²) in [5, 5.41) is 19.4. The van der Waals surface area contributed by atoms with Crippen molar-refractivity contribution in [2.75, 3.05) is 32.9 Å². The first kappa shape index (κ1) is 17.0. The van der Waals surface area contributed by atoms with Crippen LogP contribution in [0.3, 0.4) is 0 Å². The predicted molar refractivity (Wildman–Crippen MR) is 80.3 cm³/mol. The van der Waals surface area contributed by atoms with Gasteiger partial charge in [-0.1, -0.05) is 0 Å². The summed E-state index contributed by atoms with van der Waals surface area (Å²) in [6, 6.07) is 3.95. The lowest BCUT2D eigenvalue weighted by Gasteiger charge is -2.13. The first-order chi connectivity index (χ1) is 9.65. The number of rotatable bonds is 11. The molecule has 0 aliphatic carbocycles. The van der Waals surface area contributed by atoms with Crippen LogP contribution in [0, 0.1) is 10.1 Å². The van der Waals surface area contributed by atoms with E-state index in [2.05, 4.69) is 16.0 Å². The van der Waals surface area contributed by atoms with Gasteiger partial charge in [0.05, 0.1) is 12.3 Å². The number of furan rings is 1. The predicted octanol–water partition coefficient (Wildman–Crippen LogP) is 0.644. The van der Waals surface area contributed by atoms with Gasteiger partial charge in [0.2, 0.25) is 6.54 Å². The molecule has 0 radical (unpaired) electrons. The van der Waals surface area contributed by atoms with E-state index >= 15 is 0 Å². The second-order valence-corrected chi connectivity index (χ2v) is 5.37. The van der Waals surface area contributed by atoms with Crippen molar-refractivity contribution in [3.05, 3.63) is 33.8 Å². The van der Waals surface area contributed by atoms with E-state index in [0.29, 0.717) is 6.54 Å². The molecule has 0 spiro atoms. The van der Waals surface area contributed by atoms with E-state index in [-0.39, 0.29) is 17.6 Å². The molecule has 0 aliphatic rings. The molecule has 1 aromatic rings. The number of nitro groups is 1. The highest BCUT2D eigenvalue weighted by Crippen LogP contribution is 2.14. The van der Waals surface area contributed by atoms with Crippen molar-refractivity contribution < 1.29 is 9.34 Å². The zero-order valence-corrected chi connectivity index (χ0v) is 12.7. The minimum atomic E-state index is -0.326. The SMILES string of the molecule is CNCc1ccc(CSCCNC(C[N+](=O)[O-])NC)o1. The Morgan fingerprint density at radius 3 is 2.80 bits per heavy atom. The molecule has 1 unspecified atom stereocenters. The fraction of sp³-hybridized carbons (Fsp3) is 0.667. The molecule has 0 aliphatic heterocycles. The molecule has 20 heavy (non-hydrogen) atoms. The first-order valence-electron chi connectivity index (χ1n) is 6.48. The van der Waals surface area contributed by atoms with E-state index < -0.39 is 0 Å². The molecule has 8 heteroatoms. The van der Waals surface area contributed by atoms with E-state index in [1.54, 1.807) is 18.8 Å². The van der Waals surface area contributed by atoms with E-state index in [9.17, 15) is 10.1 Å². The van der Waals surface area contributed by atoms with Crippen LogP contribution < -0.4 is 16.0 Å². The quantitative estimate of drug-likeness (QED) is 0.239. The first-order valence-corrected chi connectivity index (χ1v) is 7.63. The van der Waals surface area contributed by atoms with Crippen LogP contribution in [0.4, 0.5) is 0 Å². The highest BCUT2D eigenvalue weighted by molar-refractivity contribution is 7.98. The van der Waals surface area contributed by atoms with Crippen LogP contribution >= 0.6 is 11.8 Å². The van der Waals surface area contributed by atoms with Gasteiger partial charge in [0.1, 0.15) is 17.7 Å². The molecule has 1 heterocycles. The third-order valence-electron chi connectivity index (χ3n) is 2.63. The van der Waals surface area contributed by atoms with Crippen LogP contribution in [0.15, 0.2) is 16.5 Å². The Hall–Kier alpha value is -1.09. The van der Waals surface area contributed by atoms with Crippen molar-refractivity contribution in [1.29, 1.82) is 0 Å². The van der Waals surface area contributed by atoms with Gasteiger partial charge in [0.25, 0.3) is 0 Å². The van der Waals surface area contributed by atoms with Crippen LogP contribution in [-0.4, -0.2) is 44.0 Å². The van der Waals surface area contributed by atoms with Gasteiger partial charge in [-0.25, -0.2) is 0 Å². The number of hydrogen-bond acceptors (Lipinski definition) is 7. The summed E-state index contributed by atoms with van der Waals surface area (Å²) in [5.41, 5.74) is 0. The van der Waals surface area contributed by atoms with Crippen molar-refractivity contribution in [2.24, 2.45) is 0 Å². The average molecular weight is 302 g/mol. The van der Waals surface area contributed by atoms with Crippen molar-refractivity contribution in [1.82, 2.24) is 16.0 Å². The van der Waals surface area contributed by atoms with Gasteiger partial charge in [-0.3, -0.25) is 20.7 Å². The van der Waals surface area contributed by atoms with Gasteiger partial charge in [0.15, 0.2) is 0 Å². The number of nitrogens with zero attached hydrogens (tertiary/aromatic N) is 1. The molecule has 3 N–H and O–H groups in total. The molecule has 0 bridgehead atoms. The zero-order chi connectivity index (χ0) is 14.8. The van der Waals surface area contributed by atoms with Crippen LogP contribution in [0.5, 0.6) is 0 Å². The van der Waals surface area contributed by atoms with E-state index in [0.717, 1.165) is 29.6 Å². The van der Waals surface area contributed by atoms with E-state index in [1.165, 1.54) is 0 Å². The number of thioether (sulfide) groups is 1. The van der Waals surface area contributed by atoms with Gasteiger partial charge in [-0.15, -0.1) is 0 Å². The molecule has 0 amide bonds. The van der Waals surface area contributed by atoms with E-state index in [1.807, 2.05) is 19.2 Å². The Balaban J connectivity index is 2.12. The van der Waals surface area contributed by atoms with Crippen molar-refractivity contribution in [2.45, 2.75) is 18.5 Å². The highest BCUT2D eigenvalue weighted by Gasteiger charge is 2.11. The summed E-state index contributed by atoms with van der Waals surface area (Å²) < 4.78 is 5.62. The van der Waals surface area contributed by atoms with Crippen LogP contribution in [0.2, 0.25) is 0 Å². The highest BCUT2D eigenvalue weighted by atomic mass is 32.2. The van der Waals surface area contributed by atoms with Crippen molar-refractivity contribution >= 4 is 11.8 Å². The Morgan fingerprint density at radius 1 is 1.40 bits per heavy atom. The molecule has 0 saturated carbocycles. The summed E-state index contributed by atoms with van der Waals surface area (Å²) in [5.74, 6) is 3.57. The van der Waals surface area contributed by atoms with Gasteiger partial charge in [0, 0.05) is 17.2 Å². The molecule has 114 valence electrons. The third kappa shape index (κ3) is 6.90. The maximum absolute atomic E-state index is 10.4. The van der Waals surface area contributed by atoms with Crippen LogP contribution in [0.1, 0.15) is 11.5 Å². The standard InChI is InChI=1S/C12H22N4O3S/c1-13-7-10-3-4-11(19-10)9-20-6-5-15-12(14-2)8-16(17)18/h3-4,12-15H,5-9H2,1-2H3. The monoisotopic (exact) mass is 302 g/mol. The molecule has 0 saturated heterocycles. The summed E-state index contributed by atoms with van der Waals surface area (Å²) in [4.78, 5) is 10.1. The molecule has 0 fully saturated rings. The largest absolute Gasteiger partial charge is 0.464 e. The van der Waals surface area contributed by atoms with Gasteiger partial charge in [-0.2, -0.15) is 11.8 Å². The Labute approximate surface area is 123 Å². The second kappa shape index (κ2) is 9.76. The topological polar surface area (TPSA) is 92.4 Å². The van der Waals surface area contributed by atoms with Gasteiger partial charge >= 0.3 is 0 Å². The lowest BCUT2D eigenvalue weighted by Crippen LogP contribution is -2.46. The lowest BCUT2D eigenvalue weighted by atomic mass is 10.4.